The van der Waals surface area contributed by atoms with Crippen molar-refractivity contribution in [2.24, 2.45) is 0 Å². The summed E-state index contributed by atoms with van der Waals surface area (Å²) in [6.07, 6.45) is 4.93. The maximum atomic E-state index is 13.0. The standard InChI is InChI=1S/C23H25ClN2O/c1-2-25-16-21(19-10-3-4-11-22(19)25)20(17-8-7-9-18(24)14-17)15-23(27)26-12-5-6-13-26/h3-4,7-11,14,16,20H,2,5-6,12-13,15H2,1H3. The van der Waals surface area contributed by atoms with Gasteiger partial charge in [0.05, 0.1) is 0 Å². The molecule has 1 aromatic heterocycles. The zero-order chi connectivity index (χ0) is 18.8. The van der Waals surface area contributed by atoms with Gasteiger partial charge in [0.2, 0.25) is 5.91 Å². The van der Waals surface area contributed by atoms with Crippen LogP contribution in [-0.2, 0) is 11.3 Å². The van der Waals surface area contributed by atoms with Crippen LogP contribution in [0.15, 0.2) is 54.7 Å². The molecule has 0 radical (unpaired) electrons. The first-order chi connectivity index (χ1) is 13.2. The molecule has 0 bridgehead atoms. The third kappa shape index (κ3) is 3.61. The average molecular weight is 381 g/mol. The molecule has 0 spiro atoms. The molecule has 3 aromatic rings. The van der Waals surface area contributed by atoms with Gasteiger partial charge in [-0.3, -0.25) is 4.79 Å². The molecule has 27 heavy (non-hydrogen) atoms. The van der Waals surface area contributed by atoms with Crippen LogP contribution in [0.2, 0.25) is 5.02 Å². The number of rotatable bonds is 5. The number of hydrogen-bond acceptors (Lipinski definition) is 1. The summed E-state index contributed by atoms with van der Waals surface area (Å²) in [5, 5.41) is 1.93. The minimum Gasteiger partial charge on any atom is -0.347 e. The first-order valence-electron chi connectivity index (χ1n) is 9.78. The molecule has 0 N–H and O–H groups in total. The van der Waals surface area contributed by atoms with Gasteiger partial charge < -0.3 is 9.47 Å². The number of aromatic nitrogens is 1. The topological polar surface area (TPSA) is 25.2 Å². The molecule has 1 aliphatic rings. The fourth-order valence-corrected chi connectivity index (χ4v) is 4.41. The maximum Gasteiger partial charge on any atom is 0.223 e. The lowest BCUT2D eigenvalue weighted by atomic mass is 9.88. The first kappa shape index (κ1) is 18.1. The predicted octanol–water partition coefficient (Wildman–Crippen LogP) is 5.46. The summed E-state index contributed by atoms with van der Waals surface area (Å²) in [4.78, 5) is 15.0. The lowest BCUT2D eigenvalue weighted by Crippen LogP contribution is -2.29. The van der Waals surface area contributed by atoms with E-state index in [-0.39, 0.29) is 11.8 Å². The second kappa shape index (κ2) is 7.77. The lowest BCUT2D eigenvalue weighted by Gasteiger charge is -2.21. The van der Waals surface area contributed by atoms with E-state index in [0.717, 1.165) is 38.0 Å². The van der Waals surface area contributed by atoms with E-state index in [9.17, 15) is 4.79 Å². The molecule has 1 amide bonds. The SMILES string of the molecule is CCn1cc(C(CC(=O)N2CCCC2)c2cccc(Cl)c2)c2ccccc21. The van der Waals surface area contributed by atoms with E-state index in [4.69, 9.17) is 11.6 Å². The van der Waals surface area contributed by atoms with Crippen molar-refractivity contribution in [2.75, 3.05) is 13.1 Å². The van der Waals surface area contributed by atoms with E-state index in [1.54, 1.807) is 0 Å². The Morgan fingerprint density at radius 1 is 1.11 bits per heavy atom. The fourth-order valence-electron chi connectivity index (χ4n) is 4.22. The monoisotopic (exact) mass is 380 g/mol. The minimum absolute atomic E-state index is 0.00880. The van der Waals surface area contributed by atoms with Crippen LogP contribution < -0.4 is 0 Å². The molecule has 1 saturated heterocycles. The van der Waals surface area contributed by atoms with E-state index in [1.165, 1.54) is 16.5 Å². The molecule has 1 atom stereocenters. The number of para-hydroxylation sites is 1. The highest BCUT2D eigenvalue weighted by Crippen LogP contribution is 2.36. The average Bonchev–Trinajstić information content (AvgIpc) is 3.34. The minimum atomic E-state index is 0.00880. The maximum absolute atomic E-state index is 13.0. The molecule has 4 rings (SSSR count). The second-order valence-electron chi connectivity index (χ2n) is 7.29. The Morgan fingerprint density at radius 2 is 1.89 bits per heavy atom. The van der Waals surface area contributed by atoms with Crippen molar-refractivity contribution in [1.29, 1.82) is 0 Å². The highest BCUT2D eigenvalue weighted by Gasteiger charge is 2.26. The van der Waals surface area contributed by atoms with Crippen LogP contribution in [0.5, 0.6) is 0 Å². The van der Waals surface area contributed by atoms with E-state index in [2.05, 4.69) is 48.0 Å². The number of fused-ring (bicyclic) bond motifs is 1. The molecule has 140 valence electrons. The Labute approximate surface area is 165 Å². The van der Waals surface area contributed by atoms with Crippen molar-refractivity contribution in [3.63, 3.8) is 0 Å². The molecule has 2 heterocycles. The molecule has 1 fully saturated rings. The van der Waals surface area contributed by atoms with Crippen molar-refractivity contribution in [3.8, 4) is 0 Å². The van der Waals surface area contributed by atoms with Crippen LogP contribution >= 0.6 is 11.6 Å². The predicted molar refractivity (Wildman–Crippen MR) is 111 cm³/mol. The molecule has 3 nitrogen and oxygen atoms in total. The largest absolute Gasteiger partial charge is 0.347 e. The molecular formula is C23H25ClN2O. The van der Waals surface area contributed by atoms with E-state index in [0.29, 0.717) is 11.4 Å². The van der Waals surface area contributed by atoms with Gasteiger partial charge in [-0.1, -0.05) is 41.9 Å². The highest BCUT2D eigenvalue weighted by atomic mass is 35.5. The number of carbonyl (C=O) groups is 1. The molecular weight excluding hydrogens is 356 g/mol. The second-order valence-corrected chi connectivity index (χ2v) is 7.72. The molecule has 2 aromatic carbocycles. The number of amides is 1. The number of nitrogens with zero attached hydrogens (tertiary/aromatic N) is 2. The molecule has 0 saturated carbocycles. The number of likely N-dealkylation sites (tertiary alicyclic amines) is 1. The lowest BCUT2D eigenvalue weighted by molar-refractivity contribution is -0.130. The van der Waals surface area contributed by atoms with Crippen LogP contribution in [0.25, 0.3) is 10.9 Å². The van der Waals surface area contributed by atoms with Gasteiger partial charge in [-0.15, -0.1) is 0 Å². The van der Waals surface area contributed by atoms with Gasteiger partial charge in [0.15, 0.2) is 0 Å². The summed E-state index contributed by atoms with van der Waals surface area (Å²) in [5.41, 5.74) is 3.53. The molecule has 1 unspecified atom stereocenters. The summed E-state index contributed by atoms with van der Waals surface area (Å²) in [7, 11) is 0. The van der Waals surface area contributed by atoms with Crippen molar-refractivity contribution in [1.82, 2.24) is 9.47 Å². The third-order valence-corrected chi connectivity index (χ3v) is 5.86. The van der Waals surface area contributed by atoms with Gasteiger partial charge in [0.1, 0.15) is 0 Å². The summed E-state index contributed by atoms with van der Waals surface area (Å²) in [6, 6.07) is 16.4. The van der Waals surface area contributed by atoms with Gasteiger partial charge in [-0.25, -0.2) is 0 Å². The van der Waals surface area contributed by atoms with Gasteiger partial charge in [0.25, 0.3) is 0 Å². The van der Waals surface area contributed by atoms with Crippen LogP contribution in [0.1, 0.15) is 43.2 Å². The zero-order valence-electron chi connectivity index (χ0n) is 15.7. The quantitative estimate of drug-likeness (QED) is 0.577. The fraction of sp³-hybridized carbons (Fsp3) is 0.348. The van der Waals surface area contributed by atoms with Gasteiger partial charge in [-0.05, 0) is 49.1 Å². The molecule has 1 aliphatic heterocycles. The van der Waals surface area contributed by atoms with E-state index >= 15 is 0 Å². The first-order valence-corrected chi connectivity index (χ1v) is 10.2. The number of benzene rings is 2. The number of hydrogen-bond donors (Lipinski definition) is 0. The highest BCUT2D eigenvalue weighted by molar-refractivity contribution is 6.30. The Balaban J connectivity index is 1.79. The zero-order valence-corrected chi connectivity index (χ0v) is 16.5. The van der Waals surface area contributed by atoms with E-state index < -0.39 is 0 Å². The Bertz CT molecular complexity index is 956. The summed E-state index contributed by atoms with van der Waals surface area (Å²) >= 11 is 6.29. The van der Waals surface area contributed by atoms with Gasteiger partial charge >= 0.3 is 0 Å². The number of halogens is 1. The van der Waals surface area contributed by atoms with Gasteiger partial charge in [-0.2, -0.15) is 0 Å². The molecule has 0 aliphatic carbocycles. The van der Waals surface area contributed by atoms with Crippen LogP contribution in [0, 0.1) is 0 Å². The van der Waals surface area contributed by atoms with Crippen molar-refractivity contribution < 1.29 is 4.79 Å². The van der Waals surface area contributed by atoms with Crippen LogP contribution in [-0.4, -0.2) is 28.5 Å². The van der Waals surface area contributed by atoms with Crippen LogP contribution in [0.4, 0.5) is 0 Å². The Hall–Kier alpha value is -2.26. The smallest absolute Gasteiger partial charge is 0.223 e. The van der Waals surface area contributed by atoms with Crippen molar-refractivity contribution in [3.05, 3.63) is 70.9 Å². The number of aryl methyl sites for hydroxylation is 1. The van der Waals surface area contributed by atoms with Crippen LogP contribution in [0.3, 0.4) is 0 Å². The van der Waals surface area contributed by atoms with Gasteiger partial charge in [0, 0.05) is 54.1 Å². The Morgan fingerprint density at radius 3 is 2.63 bits per heavy atom. The summed E-state index contributed by atoms with van der Waals surface area (Å²) in [6.45, 7) is 4.83. The molecule has 4 heteroatoms. The summed E-state index contributed by atoms with van der Waals surface area (Å²) in [5.74, 6) is 0.250. The number of carbonyl (C=O) groups excluding carboxylic acids is 1. The normalized spacial score (nSPS) is 15.4. The summed E-state index contributed by atoms with van der Waals surface area (Å²) < 4.78 is 2.27. The Kier molecular flexibility index (Phi) is 5.22. The third-order valence-electron chi connectivity index (χ3n) is 5.62. The van der Waals surface area contributed by atoms with E-state index in [1.807, 2.05) is 23.1 Å². The van der Waals surface area contributed by atoms with Crippen molar-refractivity contribution in [2.45, 2.75) is 38.6 Å². The van der Waals surface area contributed by atoms with Crippen molar-refractivity contribution >= 4 is 28.4 Å².